The summed E-state index contributed by atoms with van der Waals surface area (Å²) in [4.78, 5) is 4.29. The standard InChI is InChI=1S/C8H15N/c1-5-7(3)9-8(4)6-2/h5H,6H2,1-4H3/b7-5+,9-8+. The van der Waals surface area contributed by atoms with E-state index in [9.17, 15) is 0 Å². The lowest BCUT2D eigenvalue weighted by Gasteiger charge is -1.93. The highest BCUT2D eigenvalue weighted by molar-refractivity contribution is 5.82. The van der Waals surface area contributed by atoms with Crippen molar-refractivity contribution in [3.05, 3.63) is 11.8 Å². The van der Waals surface area contributed by atoms with Crippen LogP contribution in [0.5, 0.6) is 0 Å². The van der Waals surface area contributed by atoms with E-state index >= 15 is 0 Å². The minimum atomic E-state index is 1.05. The fourth-order valence-corrected chi connectivity index (χ4v) is 0.445. The Morgan fingerprint density at radius 3 is 2.33 bits per heavy atom. The van der Waals surface area contributed by atoms with Crippen molar-refractivity contribution in [2.24, 2.45) is 4.99 Å². The molecule has 0 unspecified atom stereocenters. The highest BCUT2D eigenvalue weighted by Gasteiger charge is 1.83. The molecule has 0 N–H and O–H groups in total. The molecule has 0 heterocycles. The molecule has 0 aromatic rings. The second kappa shape index (κ2) is 4.30. The van der Waals surface area contributed by atoms with Crippen molar-refractivity contribution in [1.29, 1.82) is 0 Å². The predicted molar refractivity (Wildman–Crippen MR) is 42.8 cm³/mol. The molecule has 0 saturated heterocycles. The van der Waals surface area contributed by atoms with E-state index in [1.54, 1.807) is 0 Å². The number of hydrogen-bond donors (Lipinski definition) is 0. The Morgan fingerprint density at radius 2 is 2.00 bits per heavy atom. The number of hydrogen-bond acceptors (Lipinski definition) is 1. The van der Waals surface area contributed by atoms with Crippen LogP contribution in [0.15, 0.2) is 16.8 Å². The molecule has 0 aromatic heterocycles. The van der Waals surface area contributed by atoms with Gasteiger partial charge in [-0.1, -0.05) is 13.0 Å². The zero-order valence-electron chi connectivity index (χ0n) is 6.73. The van der Waals surface area contributed by atoms with E-state index in [0.29, 0.717) is 0 Å². The van der Waals surface area contributed by atoms with Crippen LogP contribution in [0.1, 0.15) is 34.1 Å². The summed E-state index contributed by atoms with van der Waals surface area (Å²) in [5, 5.41) is 0. The van der Waals surface area contributed by atoms with Crippen LogP contribution in [0.3, 0.4) is 0 Å². The third-order valence-electron chi connectivity index (χ3n) is 1.30. The van der Waals surface area contributed by atoms with Crippen LogP contribution in [0, 0.1) is 0 Å². The third kappa shape index (κ3) is 3.95. The third-order valence-corrected chi connectivity index (χ3v) is 1.30. The lowest BCUT2D eigenvalue weighted by atomic mass is 10.3. The van der Waals surface area contributed by atoms with Crippen LogP contribution in [-0.2, 0) is 0 Å². The Hall–Kier alpha value is -0.590. The first-order chi connectivity index (χ1) is 4.20. The van der Waals surface area contributed by atoms with E-state index in [-0.39, 0.29) is 0 Å². The molecule has 1 nitrogen and oxygen atoms in total. The first-order valence-electron chi connectivity index (χ1n) is 3.37. The molecule has 0 amide bonds. The summed E-state index contributed by atoms with van der Waals surface area (Å²) in [6.07, 6.45) is 3.06. The van der Waals surface area contributed by atoms with Gasteiger partial charge in [0.05, 0.1) is 0 Å². The van der Waals surface area contributed by atoms with Gasteiger partial charge in [-0.2, -0.15) is 0 Å². The van der Waals surface area contributed by atoms with Gasteiger partial charge < -0.3 is 0 Å². The summed E-state index contributed by atoms with van der Waals surface area (Å²) in [6, 6.07) is 0. The van der Waals surface area contributed by atoms with Gasteiger partial charge in [0.15, 0.2) is 0 Å². The highest BCUT2D eigenvalue weighted by Crippen LogP contribution is 1.95. The SMILES string of the molecule is C/C=C(C)/N=C(\C)CC. The second-order valence-electron chi connectivity index (χ2n) is 2.13. The highest BCUT2D eigenvalue weighted by atomic mass is 14.7. The molecule has 0 atom stereocenters. The smallest absolute Gasteiger partial charge is 0.0329 e. The van der Waals surface area contributed by atoms with Crippen molar-refractivity contribution in [2.45, 2.75) is 34.1 Å². The van der Waals surface area contributed by atoms with Crippen molar-refractivity contribution in [2.75, 3.05) is 0 Å². The van der Waals surface area contributed by atoms with Crippen LogP contribution < -0.4 is 0 Å². The molecular weight excluding hydrogens is 110 g/mol. The van der Waals surface area contributed by atoms with Crippen molar-refractivity contribution in [3.63, 3.8) is 0 Å². The summed E-state index contributed by atoms with van der Waals surface area (Å²) >= 11 is 0. The van der Waals surface area contributed by atoms with Gasteiger partial charge >= 0.3 is 0 Å². The minimum Gasteiger partial charge on any atom is -0.263 e. The van der Waals surface area contributed by atoms with Gasteiger partial charge in [-0.25, -0.2) is 0 Å². The minimum absolute atomic E-state index is 1.05. The molecule has 0 fully saturated rings. The van der Waals surface area contributed by atoms with Crippen molar-refractivity contribution in [1.82, 2.24) is 0 Å². The Labute approximate surface area is 57.5 Å². The van der Waals surface area contributed by atoms with Crippen LogP contribution in [-0.4, -0.2) is 5.71 Å². The topological polar surface area (TPSA) is 12.4 Å². The van der Waals surface area contributed by atoms with Crippen LogP contribution >= 0.6 is 0 Å². The van der Waals surface area contributed by atoms with Crippen LogP contribution in [0.4, 0.5) is 0 Å². The van der Waals surface area contributed by atoms with Crippen molar-refractivity contribution < 1.29 is 0 Å². The number of allylic oxidation sites excluding steroid dienone is 2. The molecule has 0 spiro atoms. The molecule has 0 aliphatic rings. The quantitative estimate of drug-likeness (QED) is 0.503. The summed E-state index contributed by atoms with van der Waals surface area (Å²) in [6.45, 7) is 8.18. The predicted octanol–water partition coefficient (Wildman–Crippen LogP) is 2.78. The van der Waals surface area contributed by atoms with E-state index in [2.05, 4.69) is 11.9 Å². The molecule has 0 rings (SSSR count). The maximum Gasteiger partial charge on any atom is 0.0329 e. The van der Waals surface area contributed by atoms with E-state index in [1.165, 1.54) is 5.71 Å². The normalized spacial score (nSPS) is 14.2. The average molecular weight is 125 g/mol. The molecule has 9 heavy (non-hydrogen) atoms. The largest absolute Gasteiger partial charge is 0.263 e. The van der Waals surface area contributed by atoms with Gasteiger partial charge in [-0.3, -0.25) is 4.99 Å². The number of rotatable bonds is 2. The summed E-state index contributed by atoms with van der Waals surface area (Å²) in [7, 11) is 0. The Kier molecular flexibility index (Phi) is 4.02. The van der Waals surface area contributed by atoms with Crippen molar-refractivity contribution >= 4 is 5.71 Å². The maximum absolute atomic E-state index is 4.29. The molecule has 0 bridgehead atoms. The molecule has 0 saturated carbocycles. The molecule has 0 aliphatic heterocycles. The Bertz CT molecular complexity index is 132. The average Bonchev–Trinajstić information content (AvgIpc) is 1.87. The van der Waals surface area contributed by atoms with Gasteiger partial charge in [0.2, 0.25) is 0 Å². The summed E-state index contributed by atoms with van der Waals surface area (Å²) in [5.41, 5.74) is 2.31. The van der Waals surface area contributed by atoms with Gasteiger partial charge in [0, 0.05) is 11.4 Å². The van der Waals surface area contributed by atoms with E-state index in [4.69, 9.17) is 0 Å². The van der Waals surface area contributed by atoms with Gasteiger partial charge in [-0.15, -0.1) is 0 Å². The maximum atomic E-state index is 4.29. The Balaban J connectivity index is 3.95. The van der Waals surface area contributed by atoms with Gasteiger partial charge in [-0.05, 0) is 27.2 Å². The molecule has 0 aromatic carbocycles. The summed E-state index contributed by atoms with van der Waals surface area (Å²) in [5.74, 6) is 0. The fourth-order valence-electron chi connectivity index (χ4n) is 0.445. The second-order valence-corrected chi connectivity index (χ2v) is 2.13. The lowest BCUT2D eigenvalue weighted by molar-refractivity contribution is 1.20. The molecule has 0 aliphatic carbocycles. The first-order valence-corrected chi connectivity index (χ1v) is 3.37. The zero-order chi connectivity index (χ0) is 7.28. The number of nitrogens with zero attached hydrogens (tertiary/aromatic N) is 1. The summed E-state index contributed by atoms with van der Waals surface area (Å²) < 4.78 is 0. The van der Waals surface area contributed by atoms with Crippen LogP contribution in [0.2, 0.25) is 0 Å². The molecule has 0 radical (unpaired) electrons. The lowest BCUT2D eigenvalue weighted by Crippen LogP contribution is -1.86. The fraction of sp³-hybridized carbons (Fsp3) is 0.625. The van der Waals surface area contributed by atoms with E-state index in [1.807, 2.05) is 26.8 Å². The van der Waals surface area contributed by atoms with E-state index < -0.39 is 0 Å². The monoisotopic (exact) mass is 125 g/mol. The van der Waals surface area contributed by atoms with Crippen molar-refractivity contribution in [3.8, 4) is 0 Å². The Morgan fingerprint density at radius 1 is 1.44 bits per heavy atom. The zero-order valence-corrected chi connectivity index (χ0v) is 6.73. The van der Waals surface area contributed by atoms with Crippen LogP contribution in [0.25, 0.3) is 0 Å². The number of aliphatic imine (C=N–C) groups is 1. The van der Waals surface area contributed by atoms with E-state index in [0.717, 1.165) is 12.1 Å². The molecular formula is C8H15N. The first kappa shape index (κ1) is 8.41. The molecule has 52 valence electrons. The molecule has 1 heteroatoms. The van der Waals surface area contributed by atoms with Gasteiger partial charge in [0.25, 0.3) is 0 Å². The van der Waals surface area contributed by atoms with Gasteiger partial charge in [0.1, 0.15) is 0 Å².